The lowest BCUT2D eigenvalue weighted by Crippen LogP contribution is -2.46. The Labute approximate surface area is 99.1 Å². The van der Waals surface area contributed by atoms with Gasteiger partial charge in [0, 0.05) is 13.0 Å². The Kier molecular flexibility index (Phi) is 5.65. The maximum absolute atomic E-state index is 11.5. The van der Waals surface area contributed by atoms with E-state index in [2.05, 4.69) is 38.6 Å². The summed E-state index contributed by atoms with van der Waals surface area (Å²) in [4.78, 5) is 11.5. The number of esters is 1. The number of ether oxygens (including phenoxy) is 1. The molecule has 0 aromatic heterocycles. The predicted molar refractivity (Wildman–Crippen MR) is 65.8 cm³/mol. The summed E-state index contributed by atoms with van der Waals surface area (Å²) in [6.45, 7) is 10.4. The molecule has 0 aliphatic rings. The summed E-state index contributed by atoms with van der Waals surface area (Å²) in [6.07, 6.45) is -0.352. The van der Waals surface area contributed by atoms with Crippen LogP contribution < -0.4 is 0 Å². The van der Waals surface area contributed by atoms with Crippen molar-refractivity contribution in [2.24, 2.45) is 0 Å². The molecule has 0 heterocycles. The number of aliphatic hydroxyl groups excluding tert-OH is 1. The SMILES string of the molecule is COC(=O)[C@H](CCO)O[Si](C)(C)C(C)(C)C. The maximum Gasteiger partial charge on any atom is 0.333 e. The van der Waals surface area contributed by atoms with Crippen molar-refractivity contribution in [3.63, 3.8) is 0 Å². The van der Waals surface area contributed by atoms with E-state index in [-0.39, 0.29) is 11.6 Å². The summed E-state index contributed by atoms with van der Waals surface area (Å²) in [5.74, 6) is -0.404. The van der Waals surface area contributed by atoms with Crippen LogP contribution in [0.4, 0.5) is 0 Å². The molecule has 0 fully saturated rings. The van der Waals surface area contributed by atoms with E-state index in [1.807, 2.05) is 0 Å². The molecule has 0 aromatic carbocycles. The standard InChI is InChI=1S/C11H24O4Si/c1-11(2,3)16(5,6)15-9(7-8-12)10(13)14-4/h9,12H,7-8H2,1-6H3/t9-/m0/s1. The van der Waals surface area contributed by atoms with Crippen LogP contribution in [0.2, 0.25) is 18.1 Å². The van der Waals surface area contributed by atoms with Gasteiger partial charge in [0.2, 0.25) is 0 Å². The van der Waals surface area contributed by atoms with Crippen molar-refractivity contribution in [1.29, 1.82) is 0 Å². The van der Waals surface area contributed by atoms with Crippen molar-refractivity contribution in [1.82, 2.24) is 0 Å². The summed E-state index contributed by atoms with van der Waals surface area (Å²) < 4.78 is 10.6. The zero-order chi connectivity index (χ0) is 13.0. The quantitative estimate of drug-likeness (QED) is 0.596. The van der Waals surface area contributed by atoms with Gasteiger partial charge in [-0.2, -0.15) is 0 Å². The molecule has 0 bridgehead atoms. The number of carbonyl (C=O) groups excluding carboxylic acids is 1. The molecule has 0 saturated heterocycles. The second-order valence-electron chi connectivity index (χ2n) is 5.40. The Bertz CT molecular complexity index is 233. The van der Waals surface area contributed by atoms with Crippen LogP contribution in [0.3, 0.4) is 0 Å². The molecule has 0 aromatic rings. The Hall–Kier alpha value is -0.393. The second kappa shape index (κ2) is 5.79. The molecule has 0 rings (SSSR count). The minimum Gasteiger partial charge on any atom is -0.467 e. The zero-order valence-electron chi connectivity index (χ0n) is 11.2. The minimum atomic E-state index is -2.00. The average molecular weight is 248 g/mol. The van der Waals surface area contributed by atoms with E-state index < -0.39 is 20.4 Å². The first-order chi connectivity index (χ1) is 7.15. The van der Waals surface area contributed by atoms with Crippen molar-refractivity contribution >= 4 is 14.3 Å². The summed E-state index contributed by atoms with van der Waals surface area (Å²) in [5, 5.41) is 8.94. The summed E-state index contributed by atoms with van der Waals surface area (Å²) in [7, 11) is -0.661. The number of hydrogen-bond acceptors (Lipinski definition) is 4. The molecule has 0 spiro atoms. The van der Waals surface area contributed by atoms with Gasteiger partial charge in [0.1, 0.15) is 6.10 Å². The highest BCUT2D eigenvalue weighted by Gasteiger charge is 2.40. The lowest BCUT2D eigenvalue weighted by atomic mass is 10.2. The Balaban J connectivity index is 4.68. The van der Waals surface area contributed by atoms with Gasteiger partial charge in [-0.3, -0.25) is 0 Å². The van der Waals surface area contributed by atoms with Gasteiger partial charge in [-0.05, 0) is 18.1 Å². The van der Waals surface area contributed by atoms with E-state index in [1.54, 1.807) is 0 Å². The van der Waals surface area contributed by atoms with Crippen LogP contribution in [-0.2, 0) is 14.0 Å². The topological polar surface area (TPSA) is 55.8 Å². The first-order valence-corrected chi connectivity index (χ1v) is 8.43. The maximum atomic E-state index is 11.5. The van der Waals surface area contributed by atoms with Gasteiger partial charge in [-0.25, -0.2) is 4.79 Å². The lowest BCUT2D eigenvalue weighted by Gasteiger charge is -2.38. The van der Waals surface area contributed by atoms with Crippen LogP contribution in [-0.4, -0.2) is 39.2 Å². The Morgan fingerprint density at radius 1 is 1.38 bits per heavy atom. The average Bonchev–Trinajstić information content (AvgIpc) is 2.14. The van der Waals surface area contributed by atoms with Crippen molar-refractivity contribution in [3.8, 4) is 0 Å². The van der Waals surface area contributed by atoms with Gasteiger partial charge in [-0.1, -0.05) is 20.8 Å². The van der Waals surface area contributed by atoms with Crippen molar-refractivity contribution in [2.45, 2.75) is 51.4 Å². The molecule has 1 atom stereocenters. The van der Waals surface area contributed by atoms with E-state index in [0.29, 0.717) is 6.42 Å². The van der Waals surface area contributed by atoms with Gasteiger partial charge >= 0.3 is 5.97 Å². The highest BCUT2D eigenvalue weighted by molar-refractivity contribution is 6.74. The normalized spacial score (nSPS) is 14.7. The van der Waals surface area contributed by atoms with Gasteiger partial charge in [0.05, 0.1) is 7.11 Å². The molecule has 16 heavy (non-hydrogen) atoms. The highest BCUT2D eigenvalue weighted by Crippen LogP contribution is 2.37. The fourth-order valence-corrected chi connectivity index (χ4v) is 2.28. The summed E-state index contributed by atoms with van der Waals surface area (Å²) in [5.41, 5.74) is 0. The van der Waals surface area contributed by atoms with Crippen LogP contribution in [0.25, 0.3) is 0 Å². The third kappa shape index (κ3) is 4.23. The van der Waals surface area contributed by atoms with Crippen molar-refractivity contribution in [3.05, 3.63) is 0 Å². The molecule has 0 radical (unpaired) electrons. The van der Waals surface area contributed by atoms with E-state index in [1.165, 1.54) is 7.11 Å². The van der Waals surface area contributed by atoms with Crippen molar-refractivity contribution < 1.29 is 19.1 Å². The third-order valence-electron chi connectivity index (χ3n) is 3.10. The van der Waals surface area contributed by atoms with Crippen LogP contribution >= 0.6 is 0 Å². The molecular weight excluding hydrogens is 224 g/mol. The van der Waals surface area contributed by atoms with E-state index >= 15 is 0 Å². The third-order valence-corrected chi connectivity index (χ3v) is 7.58. The molecule has 1 N–H and O–H groups in total. The van der Waals surface area contributed by atoms with Gasteiger partial charge in [0.15, 0.2) is 8.32 Å². The van der Waals surface area contributed by atoms with Crippen LogP contribution in [0.15, 0.2) is 0 Å². The first-order valence-electron chi connectivity index (χ1n) is 5.52. The number of aliphatic hydroxyl groups is 1. The Morgan fingerprint density at radius 3 is 2.19 bits per heavy atom. The molecule has 0 amide bonds. The fourth-order valence-electron chi connectivity index (χ4n) is 1.01. The van der Waals surface area contributed by atoms with E-state index in [9.17, 15) is 4.79 Å². The summed E-state index contributed by atoms with van der Waals surface area (Å²) >= 11 is 0. The molecule has 96 valence electrons. The number of rotatable bonds is 5. The summed E-state index contributed by atoms with van der Waals surface area (Å²) in [6, 6.07) is 0. The predicted octanol–water partition coefficient (Wildman–Crippen LogP) is 1.93. The minimum absolute atomic E-state index is 0.0364. The van der Waals surface area contributed by atoms with E-state index in [4.69, 9.17) is 9.53 Å². The van der Waals surface area contributed by atoms with Crippen molar-refractivity contribution in [2.75, 3.05) is 13.7 Å². The molecular formula is C11H24O4Si. The largest absolute Gasteiger partial charge is 0.467 e. The van der Waals surface area contributed by atoms with Gasteiger partial charge in [-0.15, -0.1) is 0 Å². The molecule has 0 unspecified atom stereocenters. The molecule has 0 saturated carbocycles. The number of hydrogen-bond donors (Lipinski definition) is 1. The molecule has 5 heteroatoms. The van der Waals surface area contributed by atoms with Crippen LogP contribution in [0, 0.1) is 0 Å². The highest BCUT2D eigenvalue weighted by atomic mass is 28.4. The van der Waals surface area contributed by atoms with Crippen LogP contribution in [0.1, 0.15) is 27.2 Å². The number of methoxy groups -OCH3 is 1. The molecule has 0 aliphatic carbocycles. The number of carbonyl (C=O) groups is 1. The monoisotopic (exact) mass is 248 g/mol. The van der Waals surface area contributed by atoms with Gasteiger partial charge in [0.25, 0.3) is 0 Å². The smallest absolute Gasteiger partial charge is 0.333 e. The molecule has 4 nitrogen and oxygen atoms in total. The van der Waals surface area contributed by atoms with Gasteiger partial charge < -0.3 is 14.3 Å². The first kappa shape index (κ1) is 15.6. The van der Waals surface area contributed by atoms with Crippen LogP contribution in [0.5, 0.6) is 0 Å². The zero-order valence-corrected chi connectivity index (χ0v) is 12.2. The lowest BCUT2D eigenvalue weighted by molar-refractivity contribution is -0.150. The Morgan fingerprint density at radius 2 is 1.88 bits per heavy atom. The molecule has 0 aliphatic heterocycles. The fraction of sp³-hybridized carbons (Fsp3) is 0.909. The van der Waals surface area contributed by atoms with E-state index in [0.717, 1.165) is 0 Å². The second-order valence-corrected chi connectivity index (χ2v) is 10.2.